The monoisotopic (exact) mass is 655 g/mol. The van der Waals surface area contributed by atoms with Gasteiger partial charge in [-0.2, -0.15) is 15.2 Å². The van der Waals surface area contributed by atoms with E-state index < -0.39 is 17.8 Å². The van der Waals surface area contributed by atoms with Gasteiger partial charge in [0, 0.05) is 47.8 Å². The highest BCUT2D eigenvalue weighted by atomic mass is 35.5. The standard InChI is InChI=1S/C35H35ClFN7O3/c1-20(37)34(46)44-14-13-43(18-23(44)10-11-38)33-32-31(40-35(41-33)47-19-24-6-4-12-42(24)2)30(21-8-9-21)27(17-39-32)26-16-25(45)15-22-5-3-7-28(36)29(22)26/h3,5,7,15-17,21,23-24,45H,1,4,6,8-10,12-14,18-19H2,2H3/t23-,24?/m0/s1. The highest BCUT2D eigenvalue weighted by molar-refractivity contribution is 6.36. The van der Waals surface area contributed by atoms with Crippen molar-refractivity contribution in [2.75, 3.05) is 44.7 Å². The van der Waals surface area contributed by atoms with Crippen molar-refractivity contribution in [3.8, 4) is 29.0 Å². The fourth-order valence-electron chi connectivity index (χ4n) is 7.03. The van der Waals surface area contributed by atoms with Crippen LogP contribution in [0, 0.1) is 11.3 Å². The molecule has 2 aliphatic heterocycles. The van der Waals surface area contributed by atoms with Crippen LogP contribution in [0.25, 0.3) is 32.9 Å². The van der Waals surface area contributed by atoms with Crippen molar-refractivity contribution in [1.82, 2.24) is 24.8 Å². The third kappa shape index (κ3) is 5.92. The number of rotatable bonds is 8. The Morgan fingerprint density at radius 3 is 2.70 bits per heavy atom. The highest BCUT2D eigenvalue weighted by Gasteiger charge is 2.36. The number of nitrogens with zero attached hydrogens (tertiary/aromatic N) is 7. The second-order valence-electron chi connectivity index (χ2n) is 12.7. The first-order chi connectivity index (χ1) is 22.7. The number of hydrogen-bond acceptors (Lipinski definition) is 9. The number of amides is 1. The summed E-state index contributed by atoms with van der Waals surface area (Å²) in [7, 11) is 2.09. The molecule has 12 heteroatoms. The van der Waals surface area contributed by atoms with Crippen molar-refractivity contribution in [2.45, 2.75) is 50.1 Å². The van der Waals surface area contributed by atoms with Crippen molar-refractivity contribution in [1.29, 1.82) is 5.26 Å². The summed E-state index contributed by atoms with van der Waals surface area (Å²) in [6.07, 6.45) is 5.88. The van der Waals surface area contributed by atoms with E-state index >= 15 is 0 Å². The number of aromatic hydroxyl groups is 1. The van der Waals surface area contributed by atoms with E-state index in [9.17, 15) is 19.6 Å². The van der Waals surface area contributed by atoms with Crippen LogP contribution in [-0.2, 0) is 4.79 Å². The average molecular weight is 656 g/mol. The minimum Gasteiger partial charge on any atom is -0.508 e. The number of carbonyl (C=O) groups is 1. The normalized spacial score (nSPS) is 20.1. The number of nitriles is 1. The molecule has 4 aromatic rings. The topological polar surface area (TPSA) is 119 Å². The SMILES string of the molecule is C=C(F)C(=O)N1CCN(c2nc(OCC3CCCN3C)nc3c(C4CC4)c(-c4cc(O)cc5cccc(Cl)c45)cnc23)C[C@@H]1CC#N. The van der Waals surface area contributed by atoms with E-state index in [1.54, 1.807) is 18.3 Å². The third-order valence-electron chi connectivity index (χ3n) is 9.58. The van der Waals surface area contributed by atoms with Gasteiger partial charge in [-0.15, -0.1) is 0 Å². The second kappa shape index (κ2) is 12.6. The van der Waals surface area contributed by atoms with Crippen LogP contribution in [0.15, 0.2) is 48.9 Å². The van der Waals surface area contributed by atoms with Gasteiger partial charge in [-0.05, 0) is 79.9 Å². The van der Waals surface area contributed by atoms with Crippen LogP contribution in [0.2, 0.25) is 5.02 Å². The molecule has 10 nitrogen and oxygen atoms in total. The molecule has 0 radical (unpaired) electrons. The predicted molar refractivity (Wildman–Crippen MR) is 178 cm³/mol. The molecule has 1 amide bonds. The summed E-state index contributed by atoms with van der Waals surface area (Å²) in [4.78, 5) is 33.1. The molecule has 4 heterocycles. The molecule has 47 heavy (non-hydrogen) atoms. The predicted octanol–water partition coefficient (Wildman–Crippen LogP) is 5.97. The Balaban J connectivity index is 1.38. The number of pyridine rings is 1. The Labute approximate surface area is 277 Å². The summed E-state index contributed by atoms with van der Waals surface area (Å²) in [6, 6.07) is 11.1. The molecule has 1 saturated carbocycles. The van der Waals surface area contributed by atoms with Gasteiger partial charge in [0.05, 0.1) is 18.5 Å². The van der Waals surface area contributed by atoms with Gasteiger partial charge in [0.15, 0.2) is 11.6 Å². The molecule has 0 bridgehead atoms. The lowest BCUT2D eigenvalue weighted by molar-refractivity contribution is -0.131. The van der Waals surface area contributed by atoms with E-state index in [2.05, 4.69) is 24.6 Å². The van der Waals surface area contributed by atoms with Crippen molar-refractivity contribution in [3.05, 3.63) is 59.5 Å². The average Bonchev–Trinajstić information content (AvgIpc) is 3.82. The molecule has 242 valence electrons. The summed E-state index contributed by atoms with van der Waals surface area (Å²) >= 11 is 6.75. The number of anilines is 1. The molecular weight excluding hydrogens is 621 g/mol. The molecule has 2 aromatic carbocycles. The first-order valence-corrected chi connectivity index (χ1v) is 16.3. The minimum absolute atomic E-state index is 0.0200. The van der Waals surface area contributed by atoms with Gasteiger partial charge in [-0.3, -0.25) is 9.78 Å². The van der Waals surface area contributed by atoms with Crippen molar-refractivity contribution in [3.63, 3.8) is 0 Å². The van der Waals surface area contributed by atoms with Crippen LogP contribution in [0.5, 0.6) is 11.8 Å². The Morgan fingerprint density at radius 2 is 1.98 bits per heavy atom. The summed E-state index contributed by atoms with van der Waals surface area (Å²) in [5.74, 6) is -0.992. The number of ether oxygens (including phenoxy) is 1. The maximum absolute atomic E-state index is 13.9. The number of likely N-dealkylation sites (tertiary alicyclic amines) is 1. The lowest BCUT2D eigenvalue weighted by Crippen LogP contribution is -2.55. The Bertz CT molecular complexity index is 1940. The van der Waals surface area contributed by atoms with Crippen molar-refractivity contribution in [2.24, 2.45) is 0 Å². The smallest absolute Gasteiger partial charge is 0.319 e. The van der Waals surface area contributed by atoms with Crippen molar-refractivity contribution >= 4 is 45.1 Å². The second-order valence-corrected chi connectivity index (χ2v) is 13.1. The molecule has 1 N–H and O–H groups in total. The maximum Gasteiger partial charge on any atom is 0.319 e. The molecule has 2 atom stereocenters. The highest BCUT2D eigenvalue weighted by Crippen LogP contribution is 2.50. The fourth-order valence-corrected chi connectivity index (χ4v) is 7.31. The van der Waals surface area contributed by atoms with E-state index in [0.29, 0.717) is 35.0 Å². The Morgan fingerprint density at radius 1 is 1.15 bits per heavy atom. The lowest BCUT2D eigenvalue weighted by Gasteiger charge is -2.41. The van der Waals surface area contributed by atoms with E-state index in [-0.39, 0.29) is 43.2 Å². The lowest BCUT2D eigenvalue weighted by atomic mass is 9.92. The molecule has 7 rings (SSSR count). The number of piperazine rings is 1. The number of benzene rings is 2. The van der Waals surface area contributed by atoms with Gasteiger partial charge in [0.2, 0.25) is 0 Å². The zero-order valence-electron chi connectivity index (χ0n) is 26.1. The van der Waals surface area contributed by atoms with Crippen LogP contribution in [0.1, 0.15) is 43.6 Å². The number of halogens is 2. The summed E-state index contributed by atoms with van der Waals surface area (Å²) in [5.41, 5.74) is 3.82. The molecular formula is C35H35ClFN7O3. The van der Waals surface area contributed by atoms with Gasteiger partial charge in [-0.25, -0.2) is 4.39 Å². The van der Waals surface area contributed by atoms with Gasteiger partial charge in [0.25, 0.3) is 5.91 Å². The summed E-state index contributed by atoms with van der Waals surface area (Å²) in [5, 5.41) is 22.5. The number of phenols is 1. The van der Waals surface area contributed by atoms with Gasteiger partial charge >= 0.3 is 6.01 Å². The minimum atomic E-state index is -1.05. The third-order valence-corrected chi connectivity index (χ3v) is 9.89. The quantitative estimate of drug-likeness (QED) is 0.229. The Hall–Kier alpha value is -4.53. The molecule has 1 aliphatic carbocycles. The molecule has 0 spiro atoms. The van der Waals surface area contributed by atoms with E-state index in [1.807, 2.05) is 23.1 Å². The molecule has 1 unspecified atom stereocenters. The number of likely N-dealkylation sites (N-methyl/N-ethyl adjacent to an activating group) is 1. The van der Waals surface area contributed by atoms with Gasteiger partial charge in [-0.1, -0.05) is 30.3 Å². The van der Waals surface area contributed by atoms with Crippen molar-refractivity contribution < 1.29 is 19.0 Å². The number of carbonyl (C=O) groups excluding carboxylic acids is 1. The summed E-state index contributed by atoms with van der Waals surface area (Å²) < 4.78 is 20.2. The molecule has 2 saturated heterocycles. The summed E-state index contributed by atoms with van der Waals surface area (Å²) in [6.45, 7) is 5.39. The van der Waals surface area contributed by atoms with Gasteiger partial charge in [0.1, 0.15) is 23.4 Å². The first kappa shape index (κ1) is 31.1. The zero-order chi connectivity index (χ0) is 32.8. The van der Waals surface area contributed by atoms with E-state index in [0.717, 1.165) is 59.7 Å². The first-order valence-electron chi connectivity index (χ1n) is 16.0. The van der Waals surface area contributed by atoms with Crippen LogP contribution in [0.4, 0.5) is 10.2 Å². The van der Waals surface area contributed by atoms with Gasteiger partial charge < -0.3 is 24.5 Å². The zero-order valence-corrected chi connectivity index (χ0v) is 26.9. The largest absolute Gasteiger partial charge is 0.508 e. The van der Waals surface area contributed by atoms with Crippen LogP contribution in [-0.4, -0.2) is 87.7 Å². The molecule has 2 aromatic heterocycles. The molecule has 3 fully saturated rings. The fraction of sp³-hybridized carbons (Fsp3) is 0.400. The number of phenolic OH excluding ortho intramolecular Hbond substituents is 1. The van der Waals surface area contributed by atoms with Crippen LogP contribution < -0.4 is 9.64 Å². The maximum atomic E-state index is 13.9. The van der Waals surface area contributed by atoms with E-state index in [4.69, 9.17) is 31.3 Å². The number of fused-ring (bicyclic) bond motifs is 2. The molecule has 3 aliphatic rings. The van der Waals surface area contributed by atoms with E-state index in [1.165, 1.54) is 4.90 Å². The Kier molecular flexibility index (Phi) is 8.32. The van der Waals surface area contributed by atoms with Crippen LogP contribution >= 0.6 is 11.6 Å². The number of hydrogen-bond donors (Lipinski definition) is 1. The number of aromatic nitrogens is 3. The van der Waals surface area contributed by atoms with Crippen LogP contribution in [0.3, 0.4) is 0 Å².